The summed E-state index contributed by atoms with van der Waals surface area (Å²) >= 11 is 7.63. The lowest BCUT2D eigenvalue weighted by atomic mass is 10.2. The van der Waals surface area contributed by atoms with Gasteiger partial charge in [-0.05, 0) is 18.6 Å². The largest absolute Gasteiger partial charge is 0.384 e. The van der Waals surface area contributed by atoms with Gasteiger partial charge in [-0.15, -0.1) is 6.58 Å². The second kappa shape index (κ2) is 7.28. The number of rotatable bonds is 7. The molecule has 0 saturated carbocycles. The van der Waals surface area contributed by atoms with E-state index in [1.165, 1.54) is 6.07 Å². The van der Waals surface area contributed by atoms with Gasteiger partial charge in [-0.25, -0.2) is 0 Å². The molecule has 0 heterocycles. The summed E-state index contributed by atoms with van der Waals surface area (Å²) in [6, 6.07) is 3.09. The summed E-state index contributed by atoms with van der Waals surface area (Å²) in [6.45, 7) is 6.25. The molecule has 0 bridgehead atoms. The van der Waals surface area contributed by atoms with Crippen molar-refractivity contribution in [3.63, 3.8) is 0 Å². The van der Waals surface area contributed by atoms with Gasteiger partial charge in [0.05, 0.1) is 4.92 Å². The van der Waals surface area contributed by atoms with Crippen molar-refractivity contribution in [3.05, 3.63) is 45.5 Å². The molecule has 0 aromatic heterocycles. The fourth-order valence-electron chi connectivity index (χ4n) is 1.42. The molecule has 1 aromatic carbocycles. The lowest BCUT2D eigenvalue weighted by Crippen LogP contribution is -2.06. The Morgan fingerprint density at radius 2 is 2.33 bits per heavy atom. The summed E-state index contributed by atoms with van der Waals surface area (Å²) < 4.78 is 0. The SMILES string of the molecule is C=CCSCCNc1cc(Cl)c([N+](=O)[O-])cc1C. The van der Waals surface area contributed by atoms with E-state index in [4.69, 9.17) is 11.6 Å². The number of halogens is 1. The number of nitro benzene ring substituents is 1. The summed E-state index contributed by atoms with van der Waals surface area (Å²) in [5.41, 5.74) is 1.60. The number of aryl methyl sites for hydroxylation is 1. The molecule has 6 heteroatoms. The van der Waals surface area contributed by atoms with Crippen LogP contribution < -0.4 is 5.32 Å². The van der Waals surface area contributed by atoms with Crippen LogP contribution in [0.1, 0.15) is 5.56 Å². The van der Waals surface area contributed by atoms with Crippen molar-refractivity contribution in [3.8, 4) is 0 Å². The van der Waals surface area contributed by atoms with Gasteiger partial charge in [0.1, 0.15) is 5.02 Å². The maximum atomic E-state index is 10.7. The van der Waals surface area contributed by atoms with Crippen LogP contribution in [0.3, 0.4) is 0 Å². The third-order valence-electron chi connectivity index (χ3n) is 2.29. The minimum atomic E-state index is -0.473. The predicted molar refractivity (Wildman–Crippen MR) is 78.9 cm³/mol. The fraction of sp³-hybridized carbons (Fsp3) is 0.333. The lowest BCUT2D eigenvalue weighted by Gasteiger charge is -2.09. The number of hydrogen-bond donors (Lipinski definition) is 1. The number of hydrogen-bond acceptors (Lipinski definition) is 4. The number of nitrogens with zero attached hydrogens (tertiary/aromatic N) is 1. The van der Waals surface area contributed by atoms with E-state index in [1.807, 2.05) is 13.0 Å². The zero-order valence-corrected chi connectivity index (χ0v) is 11.7. The summed E-state index contributed by atoms with van der Waals surface area (Å²) in [5.74, 6) is 1.86. The van der Waals surface area contributed by atoms with Crippen molar-refractivity contribution >= 4 is 34.7 Å². The second-order valence-corrected chi connectivity index (χ2v) is 5.22. The van der Waals surface area contributed by atoms with Crippen LogP contribution in [0, 0.1) is 17.0 Å². The molecule has 98 valence electrons. The van der Waals surface area contributed by atoms with Crippen molar-refractivity contribution < 1.29 is 4.92 Å². The third kappa shape index (κ3) is 4.23. The summed E-state index contributed by atoms with van der Waals surface area (Å²) in [4.78, 5) is 10.2. The highest BCUT2D eigenvalue weighted by molar-refractivity contribution is 7.99. The molecule has 0 aliphatic rings. The van der Waals surface area contributed by atoms with Gasteiger partial charge in [0, 0.05) is 29.8 Å². The van der Waals surface area contributed by atoms with E-state index in [2.05, 4.69) is 11.9 Å². The van der Waals surface area contributed by atoms with E-state index in [0.29, 0.717) is 0 Å². The minimum Gasteiger partial charge on any atom is -0.384 e. The quantitative estimate of drug-likeness (QED) is 0.358. The fourth-order valence-corrected chi connectivity index (χ4v) is 2.23. The molecular weight excluding hydrogens is 272 g/mol. The van der Waals surface area contributed by atoms with E-state index in [9.17, 15) is 10.1 Å². The van der Waals surface area contributed by atoms with Gasteiger partial charge in [0.25, 0.3) is 5.69 Å². The molecule has 0 aliphatic heterocycles. The molecule has 4 nitrogen and oxygen atoms in total. The van der Waals surface area contributed by atoms with Gasteiger partial charge in [0.2, 0.25) is 0 Å². The molecule has 1 N–H and O–H groups in total. The summed E-state index contributed by atoms with van der Waals surface area (Å²) in [6.07, 6.45) is 1.86. The normalized spacial score (nSPS) is 10.1. The van der Waals surface area contributed by atoms with Crippen LogP contribution in [0.5, 0.6) is 0 Å². The van der Waals surface area contributed by atoms with Gasteiger partial charge in [-0.1, -0.05) is 17.7 Å². The molecule has 0 amide bonds. The standard InChI is InChI=1S/C12H15ClN2O2S/c1-3-5-18-6-4-14-11-8-10(13)12(15(16)17)7-9(11)2/h3,7-8,14H,1,4-6H2,2H3. The number of nitro groups is 1. The van der Waals surface area contributed by atoms with Crippen molar-refractivity contribution in [1.82, 2.24) is 0 Å². The monoisotopic (exact) mass is 286 g/mol. The van der Waals surface area contributed by atoms with Crippen LogP contribution in [0.2, 0.25) is 5.02 Å². The van der Waals surface area contributed by atoms with Gasteiger partial charge < -0.3 is 5.32 Å². The Morgan fingerprint density at radius 1 is 1.61 bits per heavy atom. The van der Waals surface area contributed by atoms with Gasteiger partial charge >= 0.3 is 0 Å². The number of nitrogens with one attached hydrogen (secondary N) is 1. The average molecular weight is 287 g/mol. The molecule has 0 spiro atoms. The number of anilines is 1. The Hall–Kier alpha value is -1.20. The first-order valence-electron chi connectivity index (χ1n) is 5.43. The minimum absolute atomic E-state index is 0.0549. The van der Waals surface area contributed by atoms with E-state index < -0.39 is 4.92 Å². The molecule has 0 aliphatic carbocycles. The zero-order valence-electron chi connectivity index (χ0n) is 10.1. The highest BCUT2D eigenvalue weighted by Crippen LogP contribution is 2.30. The molecule has 1 rings (SSSR count). The zero-order chi connectivity index (χ0) is 13.5. The third-order valence-corrected chi connectivity index (χ3v) is 3.56. The highest BCUT2D eigenvalue weighted by atomic mass is 35.5. The van der Waals surface area contributed by atoms with Gasteiger partial charge in [0.15, 0.2) is 0 Å². The van der Waals surface area contributed by atoms with Gasteiger partial charge in [-0.3, -0.25) is 10.1 Å². The maximum absolute atomic E-state index is 10.7. The van der Waals surface area contributed by atoms with E-state index in [1.54, 1.807) is 17.8 Å². The van der Waals surface area contributed by atoms with Crippen LogP contribution in [-0.4, -0.2) is 23.0 Å². The summed E-state index contributed by atoms with van der Waals surface area (Å²) in [7, 11) is 0. The van der Waals surface area contributed by atoms with Crippen LogP contribution >= 0.6 is 23.4 Å². The van der Waals surface area contributed by atoms with E-state index >= 15 is 0 Å². The molecule has 0 saturated heterocycles. The Bertz CT molecular complexity index is 452. The predicted octanol–water partition coefficient (Wildman–Crippen LogP) is 3.89. The Labute approximate surface area is 116 Å². The van der Waals surface area contributed by atoms with Crippen LogP contribution in [0.15, 0.2) is 24.8 Å². The molecule has 1 aromatic rings. The van der Waals surface area contributed by atoms with E-state index in [-0.39, 0.29) is 10.7 Å². The molecule has 18 heavy (non-hydrogen) atoms. The molecule has 0 radical (unpaired) electrons. The van der Waals surface area contributed by atoms with Crippen molar-refractivity contribution in [2.45, 2.75) is 6.92 Å². The molecule has 0 atom stereocenters. The lowest BCUT2D eigenvalue weighted by molar-refractivity contribution is -0.384. The Kier molecular flexibility index (Phi) is 6.01. The van der Waals surface area contributed by atoms with E-state index in [0.717, 1.165) is 29.3 Å². The maximum Gasteiger partial charge on any atom is 0.288 e. The number of benzene rings is 1. The van der Waals surface area contributed by atoms with Crippen molar-refractivity contribution in [2.75, 3.05) is 23.4 Å². The highest BCUT2D eigenvalue weighted by Gasteiger charge is 2.14. The van der Waals surface area contributed by atoms with Crippen LogP contribution in [-0.2, 0) is 0 Å². The topological polar surface area (TPSA) is 55.2 Å². The Balaban J connectivity index is 2.64. The number of thioether (sulfide) groups is 1. The van der Waals surface area contributed by atoms with Crippen molar-refractivity contribution in [1.29, 1.82) is 0 Å². The van der Waals surface area contributed by atoms with Crippen LogP contribution in [0.25, 0.3) is 0 Å². The molecule has 0 fully saturated rings. The first-order valence-corrected chi connectivity index (χ1v) is 6.96. The molecular formula is C12H15ClN2O2S. The Morgan fingerprint density at radius 3 is 2.94 bits per heavy atom. The first kappa shape index (κ1) is 14.9. The first-order chi connectivity index (χ1) is 8.56. The van der Waals surface area contributed by atoms with Gasteiger partial charge in [-0.2, -0.15) is 11.8 Å². The average Bonchev–Trinajstić information content (AvgIpc) is 2.32. The smallest absolute Gasteiger partial charge is 0.288 e. The van der Waals surface area contributed by atoms with Crippen molar-refractivity contribution in [2.24, 2.45) is 0 Å². The second-order valence-electron chi connectivity index (χ2n) is 3.67. The van der Waals surface area contributed by atoms with Crippen LogP contribution in [0.4, 0.5) is 11.4 Å². The molecule has 0 unspecified atom stereocenters. The summed E-state index contributed by atoms with van der Waals surface area (Å²) in [5, 5.41) is 14.1.